The molecule has 0 saturated heterocycles. The highest BCUT2D eigenvalue weighted by Gasteiger charge is 2.27. The van der Waals surface area contributed by atoms with E-state index in [1.165, 1.54) is 25.7 Å². The Morgan fingerprint density at radius 1 is 1.24 bits per heavy atom. The van der Waals surface area contributed by atoms with Crippen LogP contribution in [0.3, 0.4) is 0 Å². The Kier molecular flexibility index (Phi) is 5.27. The number of carbonyl (C=O) groups excluding carboxylic acids is 1. The summed E-state index contributed by atoms with van der Waals surface area (Å²) in [5, 5.41) is 3.68. The summed E-state index contributed by atoms with van der Waals surface area (Å²) in [5.74, 6) is 1.49. The lowest BCUT2D eigenvalue weighted by Gasteiger charge is -2.35. The Morgan fingerprint density at radius 3 is 2.62 bits per heavy atom. The third-order valence-electron chi connectivity index (χ3n) is 4.54. The number of nitrogens with one attached hydrogen (secondary N) is 1. The molecule has 0 heterocycles. The van der Waals surface area contributed by atoms with Crippen LogP contribution in [0.4, 0.5) is 5.69 Å². The maximum Gasteiger partial charge on any atom is 0.253 e. The SMILES string of the molecule is CC(C)C1CCCCC1Nc1cccc(C(=O)N(C)C)c1. The molecule has 0 spiro atoms. The summed E-state index contributed by atoms with van der Waals surface area (Å²) in [6.07, 6.45) is 5.19. The predicted molar refractivity (Wildman–Crippen MR) is 88.7 cm³/mol. The van der Waals surface area contributed by atoms with Crippen molar-refractivity contribution in [3.05, 3.63) is 29.8 Å². The van der Waals surface area contributed by atoms with Gasteiger partial charge in [0.1, 0.15) is 0 Å². The molecule has 2 unspecified atom stereocenters. The van der Waals surface area contributed by atoms with Crippen LogP contribution in [0.2, 0.25) is 0 Å². The second-order valence-electron chi connectivity index (χ2n) is 6.72. The lowest BCUT2D eigenvalue weighted by molar-refractivity contribution is 0.0827. The number of nitrogens with zero attached hydrogens (tertiary/aromatic N) is 1. The summed E-state index contributed by atoms with van der Waals surface area (Å²) in [6, 6.07) is 8.43. The first kappa shape index (κ1) is 15.9. The van der Waals surface area contributed by atoms with Crippen LogP contribution in [0, 0.1) is 11.8 Å². The molecule has 1 aliphatic rings. The number of amides is 1. The highest BCUT2D eigenvalue weighted by Crippen LogP contribution is 2.32. The normalized spacial score (nSPS) is 22.1. The largest absolute Gasteiger partial charge is 0.382 e. The molecule has 1 amide bonds. The minimum absolute atomic E-state index is 0.0581. The van der Waals surface area contributed by atoms with Gasteiger partial charge in [0.25, 0.3) is 5.91 Å². The van der Waals surface area contributed by atoms with Gasteiger partial charge in [-0.05, 0) is 42.9 Å². The molecule has 1 aliphatic carbocycles. The fourth-order valence-electron chi connectivity index (χ4n) is 3.35. The van der Waals surface area contributed by atoms with Crippen LogP contribution in [-0.2, 0) is 0 Å². The van der Waals surface area contributed by atoms with Crippen molar-refractivity contribution in [3.8, 4) is 0 Å². The average molecular weight is 288 g/mol. The summed E-state index contributed by atoms with van der Waals surface area (Å²) in [6.45, 7) is 4.63. The van der Waals surface area contributed by atoms with Gasteiger partial charge in [-0.3, -0.25) is 4.79 Å². The topological polar surface area (TPSA) is 32.3 Å². The third kappa shape index (κ3) is 3.99. The molecule has 3 heteroatoms. The van der Waals surface area contributed by atoms with Crippen molar-refractivity contribution in [1.82, 2.24) is 4.90 Å². The van der Waals surface area contributed by atoms with E-state index in [9.17, 15) is 4.79 Å². The van der Waals surface area contributed by atoms with Gasteiger partial charge < -0.3 is 10.2 Å². The molecule has 2 atom stereocenters. The number of hydrogen-bond donors (Lipinski definition) is 1. The quantitative estimate of drug-likeness (QED) is 0.907. The molecule has 0 radical (unpaired) electrons. The smallest absolute Gasteiger partial charge is 0.253 e. The first-order valence-corrected chi connectivity index (χ1v) is 8.07. The Hall–Kier alpha value is -1.51. The van der Waals surface area contributed by atoms with E-state index in [1.54, 1.807) is 19.0 Å². The molecule has 1 aromatic rings. The van der Waals surface area contributed by atoms with E-state index < -0.39 is 0 Å². The highest BCUT2D eigenvalue weighted by molar-refractivity contribution is 5.94. The zero-order valence-electron chi connectivity index (χ0n) is 13.7. The molecular weight excluding hydrogens is 260 g/mol. The molecule has 1 saturated carbocycles. The molecule has 2 rings (SSSR count). The van der Waals surface area contributed by atoms with Crippen molar-refractivity contribution < 1.29 is 4.79 Å². The highest BCUT2D eigenvalue weighted by atomic mass is 16.2. The maximum absolute atomic E-state index is 12.1. The number of anilines is 1. The lowest BCUT2D eigenvalue weighted by Crippen LogP contribution is -2.35. The zero-order valence-corrected chi connectivity index (χ0v) is 13.7. The standard InChI is InChI=1S/C18H28N2O/c1-13(2)16-10-5-6-11-17(16)19-15-9-7-8-14(12-15)18(21)20(3)4/h7-9,12-13,16-17,19H,5-6,10-11H2,1-4H3. The van der Waals surface area contributed by atoms with Gasteiger partial charge in [0.2, 0.25) is 0 Å². The second kappa shape index (κ2) is 6.97. The lowest BCUT2D eigenvalue weighted by atomic mass is 9.78. The Labute approximate surface area is 128 Å². The van der Waals surface area contributed by atoms with Crippen molar-refractivity contribution in [2.75, 3.05) is 19.4 Å². The van der Waals surface area contributed by atoms with Gasteiger partial charge in [0.05, 0.1) is 0 Å². The van der Waals surface area contributed by atoms with E-state index in [2.05, 4.69) is 25.2 Å². The number of benzene rings is 1. The first-order valence-electron chi connectivity index (χ1n) is 8.07. The van der Waals surface area contributed by atoms with Crippen LogP contribution in [0.25, 0.3) is 0 Å². The van der Waals surface area contributed by atoms with Gasteiger partial charge in [-0.1, -0.05) is 32.8 Å². The molecule has 1 fully saturated rings. The van der Waals surface area contributed by atoms with Gasteiger partial charge in [0.15, 0.2) is 0 Å². The molecule has 21 heavy (non-hydrogen) atoms. The molecule has 116 valence electrons. The summed E-state index contributed by atoms with van der Waals surface area (Å²) >= 11 is 0. The summed E-state index contributed by atoms with van der Waals surface area (Å²) in [7, 11) is 3.58. The minimum Gasteiger partial charge on any atom is -0.382 e. The summed E-state index contributed by atoms with van der Waals surface area (Å²) < 4.78 is 0. The maximum atomic E-state index is 12.1. The van der Waals surface area contributed by atoms with Gasteiger partial charge in [0, 0.05) is 31.4 Å². The van der Waals surface area contributed by atoms with Crippen molar-refractivity contribution in [1.29, 1.82) is 0 Å². The van der Waals surface area contributed by atoms with Gasteiger partial charge in [-0.25, -0.2) is 0 Å². The molecule has 3 nitrogen and oxygen atoms in total. The molecule has 1 aromatic carbocycles. The Balaban J connectivity index is 2.11. The van der Waals surface area contributed by atoms with Crippen molar-refractivity contribution in [2.45, 2.75) is 45.6 Å². The Bertz CT molecular complexity index is 482. The molecular formula is C18H28N2O. The van der Waals surface area contributed by atoms with E-state index in [1.807, 2.05) is 18.2 Å². The zero-order chi connectivity index (χ0) is 15.4. The van der Waals surface area contributed by atoms with Crippen molar-refractivity contribution in [2.24, 2.45) is 11.8 Å². The summed E-state index contributed by atoms with van der Waals surface area (Å²) in [4.78, 5) is 13.7. The summed E-state index contributed by atoms with van der Waals surface area (Å²) in [5.41, 5.74) is 1.82. The van der Waals surface area contributed by atoms with Crippen LogP contribution >= 0.6 is 0 Å². The van der Waals surface area contributed by atoms with Crippen LogP contribution < -0.4 is 5.32 Å². The second-order valence-corrected chi connectivity index (χ2v) is 6.72. The van der Waals surface area contributed by atoms with E-state index in [0.717, 1.165) is 17.2 Å². The third-order valence-corrected chi connectivity index (χ3v) is 4.54. The van der Waals surface area contributed by atoms with Crippen LogP contribution in [0.15, 0.2) is 24.3 Å². The molecule has 1 N–H and O–H groups in total. The number of rotatable bonds is 4. The van der Waals surface area contributed by atoms with Crippen LogP contribution in [-0.4, -0.2) is 30.9 Å². The van der Waals surface area contributed by atoms with Gasteiger partial charge in [-0.15, -0.1) is 0 Å². The van der Waals surface area contributed by atoms with E-state index >= 15 is 0 Å². The fourth-order valence-corrected chi connectivity index (χ4v) is 3.35. The van der Waals surface area contributed by atoms with E-state index in [0.29, 0.717) is 12.0 Å². The monoisotopic (exact) mass is 288 g/mol. The van der Waals surface area contributed by atoms with Gasteiger partial charge >= 0.3 is 0 Å². The molecule has 0 aliphatic heterocycles. The Morgan fingerprint density at radius 2 is 1.95 bits per heavy atom. The first-order chi connectivity index (χ1) is 9.99. The van der Waals surface area contributed by atoms with E-state index in [4.69, 9.17) is 0 Å². The predicted octanol–water partition coefficient (Wildman–Crippen LogP) is 4.02. The van der Waals surface area contributed by atoms with Crippen LogP contribution in [0.5, 0.6) is 0 Å². The fraction of sp³-hybridized carbons (Fsp3) is 0.611. The van der Waals surface area contributed by atoms with E-state index in [-0.39, 0.29) is 5.91 Å². The molecule has 0 aromatic heterocycles. The van der Waals surface area contributed by atoms with Crippen molar-refractivity contribution >= 4 is 11.6 Å². The number of hydrogen-bond acceptors (Lipinski definition) is 2. The van der Waals surface area contributed by atoms with Crippen molar-refractivity contribution in [3.63, 3.8) is 0 Å². The number of carbonyl (C=O) groups is 1. The van der Waals surface area contributed by atoms with Crippen LogP contribution in [0.1, 0.15) is 49.9 Å². The molecule has 0 bridgehead atoms. The average Bonchev–Trinajstić information content (AvgIpc) is 2.47. The van der Waals surface area contributed by atoms with Gasteiger partial charge in [-0.2, -0.15) is 0 Å². The minimum atomic E-state index is 0.0581.